The zero-order valence-corrected chi connectivity index (χ0v) is 19.6. The SMILES string of the molecule is Cn1c(=O)oc2ccc(NC(=O)c3cc(OCCN4CCOCC4)nc(N4CCOCC4)n3)cc21. The number of benzene rings is 1. The van der Waals surface area contributed by atoms with E-state index in [4.69, 9.17) is 18.6 Å². The molecule has 0 atom stereocenters. The van der Waals surface area contributed by atoms with Crippen LogP contribution in [0.3, 0.4) is 0 Å². The van der Waals surface area contributed by atoms with E-state index in [0.29, 0.717) is 61.5 Å². The molecule has 4 heterocycles. The number of aryl methyl sites for hydroxylation is 1. The Labute approximate surface area is 201 Å². The van der Waals surface area contributed by atoms with Gasteiger partial charge < -0.3 is 28.8 Å². The number of ether oxygens (including phenoxy) is 3. The number of nitrogens with one attached hydrogen (secondary N) is 1. The molecule has 5 rings (SSSR count). The van der Waals surface area contributed by atoms with Crippen LogP contribution in [0.5, 0.6) is 5.88 Å². The molecular formula is C23H28N6O6. The summed E-state index contributed by atoms with van der Waals surface area (Å²) in [4.78, 5) is 38.2. The lowest BCUT2D eigenvalue weighted by molar-refractivity contribution is 0.0320. The first-order valence-electron chi connectivity index (χ1n) is 11.6. The molecule has 0 radical (unpaired) electrons. The molecule has 35 heavy (non-hydrogen) atoms. The Morgan fingerprint density at radius 3 is 2.57 bits per heavy atom. The number of rotatable bonds is 7. The Hall–Kier alpha value is -3.48. The van der Waals surface area contributed by atoms with Gasteiger partial charge in [-0.25, -0.2) is 9.78 Å². The number of oxazole rings is 1. The number of anilines is 2. The zero-order valence-electron chi connectivity index (χ0n) is 19.6. The van der Waals surface area contributed by atoms with Gasteiger partial charge in [-0.2, -0.15) is 4.98 Å². The first kappa shape index (κ1) is 23.3. The standard InChI is InChI=1S/C23H28N6O6/c1-27-18-14-16(2-3-19(18)35-23(27)31)24-21(30)17-15-20(34-13-6-28-4-9-32-10-5-28)26-22(25-17)29-7-11-33-12-8-29/h2-3,14-15H,4-13H2,1H3,(H,24,30). The van der Waals surface area contributed by atoms with Gasteiger partial charge >= 0.3 is 5.76 Å². The van der Waals surface area contributed by atoms with E-state index in [2.05, 4.69) is 20.2 Å². The molecule has 2 aromatic heterocycles. The Kier molecular flexibility index (Phi) is 6.93. The number of hydrogen-bond donors (Lipinski definition) is 1. The van der Waals surface area contributed by atoms with Crippen LogP contribution < -0.4 is 20.7 Å². The minimum atomic E-state index is -0.465. The largest absolute Gasteiger partial charge is 0.476 e. The predicted octanol–water partition coefficient (Wildman–Crippen LogP) is 0.721. The number of aromatic nitrogens is 3. The molecule has 0 spiro atoms. The molecule has 0 saturated carbocycles. The highest BCUT2D eigenvalue weighted by Crippen LogP contribution is 2.21. The van der Waals surface area contributed by atoms with Crippen LogP contribution in [0, 0.1) is 0 Å². The van der Waals surface area contributed by atoms with Crippen molar-refractivity contribution in [3.63, 3.8) is 0 Å². The third kappa shape index (κ3) is 5.45. The molecular weight excluding hydrogens is 456 g/mol. The number of amides is 1. The van der Waals surface area contributed by atoms with Gasteiger partial charge in [0.15, 0.2) is 5.58 Å². The molecule has 1 N–H and O–H groups in total. The summed E-state index contributed by atoms with van der Waals surface area (Å²) < 4.78 is 23.3. The fourth-order valence-electron chi connectivity index (χ4n) is 4.01. The van der Waals surface area contributed by atoms with Crippen molar-refractivity contribution in [1.82, 2.24) is 19.4 Å². The Bertz CT molecular complexity index is 1250. The highest BCUT2D eigenvalue weighted by molar-refractivity contribution is 6.04. The molecule has 3 aromatic rings. The van der Waals surface area contributed by atoms with Crippen LogP contribution in [0.15, 0.2) is 33.5 Å². The molecule has 0 bridgehead atoms. The maximum Gasteiger partial charge on any atom is 0.419 e. The van der Waals surface area contributed by atoms with E-state index in [1.54, 1.807) is 31.3 Å². The van der Waals surface area contributed by atoms with Gasteiger partial charge in [0, 0.05) is 51.5 Å². The van der Waals surface area contributed by atoms with Crippen molar-refractivity contribution in [2.75, 3.05) is 76.0 Å². The van der Waals surface area contributed by atoms with Crippen molar-refractivity contribution in [2.24, 2.45) is 7.05 Å². The van der Waals surface area contributed by atoms with Crippen LogP contribution >= 0.6 is 0 Å². The smallest absolute Gasteiger partial charge is 0.419 e. The van der Waals surface area contributed by atoms with Crippen molar-refractivity contribution in [3.8, 4) is 5.88 Å². The lowest BCUT2D eigenvalue weighted by Gasteiger charge is -2.27. The van der Waals surface area contributed by atoms with Crippen LogP contribution in [0.4, 0.5) is 11.6 Å². The van der Waals surface area contributed by atoms with E-state index in [9.17, 15) is 9.59 Å². The van der Waals surface area contributed by atoms with Gasteiger partial charge in [-0.1, -0.05) is 0 Å². The number of carbonyl (C=O) groups excluding carboxylic acids is 1. The van der Waals surface area contributed by atoms with E-state index in [0.717, 1.165) is 32.8 Å². The second-order valence-electron chi connectivity index (χ2n) is 8.36. The van der Waals surface area contributed by atoms with E-state index in [-0.39, 0.29) is 5.69 Å². The number of morpholine rings is 2. The molecule has 2 saturated heterocycles. The summed E-state index contributed by atoms with van der Waals surface area (Å²) in [6.07, 6.45) is 0. The van der Waals surface area contributed by atoms with Gasteiger partial charge in [-0.15, -0.1) is 0 Å². The van der Waals surface area contributed by atoms with Gasteiger partial charge in [0.2, 0.25) is 11.8 Å². The predicted molar refractivity (Wildman–Crippen MR) is 127 cm³/mol. The van der Waals surface area contributed by atoms with Crippen LogP contribution in [-0.4, -0.2) is 91.1 Å². The number of fused-ring (bicyclic) bond motifs is 1. The second kappa shape index (κ2) is 10.4. The molecule has 2 aliphatic rings. The molecule has 1 amide bonds. The van der Waals surface area contributed by atoms with Crippen LogP contribution in [-0.2, 0) is 16.5 Å². The average molecular weight is 485 g/mol. The molecule has 1 aromatic carbocycles. The molecule has 2 aliphatic heterocycles. The summed E-state index contributed by atoms with van der Waals surface area (Å²) in [7, 11) is 1.61. The fourth-order valence-corrected chi connectivity index (χ4v) is 4.01. The van der Waals surface area contributed by atoms with Crippen molar-refractivity contribution < 1.29 is 23.4 Å². The summed E-state index contributed by atoms with van der Waals surface area (Å²) in [5.74, 6) is -0.108. The average Bonchev–Trinajstić information content (AvgIpc) is 3.18. The lowest BCUT2D eigenvalue weighted by atomic mass is 10.2. The van der Waals surface area contributed by atoms with Gasteiger partial charge in [0.05, 0.1) is 31.9 Å². The normalized spacial score (nSPS) is 17.0. The molecule has 0 aliphatic carbocycles. The van der Waals surface area contributed by atoms with Gasteiger partial charge in [-0.05, 0) is 18.2 Å². The summed E-state index contributed by atoms with van der Waals surface area (Å²) >= 11 is 0. The van der Waals surface area contributed by atoms with Gasteiger partial charge in [0.1, 0.15) is 12.3 Å². The number of carbonyl (C=O) groups is 1. The van der Waals surface area contributed by atoms with Crippen LogP contribution in [0.25, 0.3) is 11.1 Å². The zero-order chi connectivity index (χ0) is 24.2. The number of hydrogen-bond acceptors (Lipinski definition) is 10. The summed E-state index contributed by atoms with van der Waals surface area (Å²) in [5.41, 5.74) is 1.73. The van der Waals surface area contributed by atoms with Crippen LogP contribution in [0.1, 0.15) is 10.5 Å². The monoisotopic (exact) mass is 484 g/mol. The third-order valence-electron chi connectivity index (χ3n) is 6.03. The molecule has 2 fully saturated rings. The van der Waals surface area contributed by atoms with Gasteiger partial charge in [-0.3, -0.25) is 14.3 Å². The summed E-state index contributed by atoms with van der Waals surface area (Å²) in [6, 6.07) is 6.55. The highest BCUT2D eigenvalue weighted by atomic mass is 16.5. The first-order valence-corrected chi connectivity index (χ1v) is 11.6. The van der Waals surface area contributed by atoms with Crippen molar-refractivity contribution in [3.05, 3.63) is 40.5 Å². The molecule has 12 heteroatoms. The van der Waals surface area contributed by atoms with Gasteiger partial charge in [0.25, 0.3) is 5.91 Å². The summed E-state index contributed by atoms with van der Waals surface area (Å²) in [5, 5.41) is 2.84. The van der Waals surface area contributed by atoms with E-state index in [1.165, 1.54) is 4.57 Å². The van der Waals surface area contributed by atoms with E-state index < -0.39 is 11.7 Å². The van der Waals surface area contributed by atoms with E-state index in [1.807, 2.05) is 4.90 Å². The lowest BCUT2D eigenvalue weighted by Crippen LogP contribution is -2.39. The quantitative estimate of drug-likeness (QED) is 0.513. The Balaban J connectivity index is 1.34. The van der Waals surface area contributed by atoms with Crippen LogP contribution in [0.2, 0.25) is 0 Å². The fraction of sp³-hybridized carbons (Fsp3) is 0.478. The van der Waals surface area contributed by atoms with Crippen molar-refractivity contribution in [2.45, 2.75) is 0 Å². The Morgan fingerprint density at radius 1 is 1.06 bits per heavy atom. The van der Waals surface area contributed by atoms with Crippen molar-refractivity contribution >= 4 is 28.6 Å². The Morgan fingerprint density at radius 2 is 1.80 bits per heavy atom. The van der Waals surface area contributed by atoms with E-state index >= 15 is 0 Å². The molecule has 0 unspecified atom stereocenters. The maximum absolute atomic E-state index is 13.1. The minimum Gasteiger partial charge on any atom is -0.476 e. The topological polar surface area (TPSA) is 124 Å². The minimum absolute atomic E-state index is 0.184. The maximum atomic E-state index is 13.1. The molecule has 186 valence electrons. The molecule has 12 nitrogen and oxygen atoms in total. The third-order valence-corrected chi connectivity index (χ3v) is 6.03. The number of nitrogens with zero attached hydrogens (tertiary/aromatic N) is 5. The first-order chi connectivity index (χ1) is 17.1. The van der Waals surface area contributed by atoms with Crippen molar-refractivity contribution in [1.29, 1.82) is 0 Å². The highest BCUT2D eigenvalue weighted by Gasteiger charge is 2.20. The summed E-state index contributed by atoms with van der Waals surface area (Å²) in [6.45, 7) is 6.74. The second-order valence-corrected chi connectivity index (χ2v) is 8.36.